The Morgan fingerprint density at radius 1 is 1.14 bits per heavy atom. The summed E-state index contributed by atoms with van der Waals surface area (Å²) in [4.78, 5) is 62.7. The number of carbonyl (C=O) groups excluding carboxylic acids is 5. The predicted octanol–water partition coefficient (Wildman–Crippen LogP) is -0.194. The molecule has 0 atom stereocenters. The molecule has 28 heavy (non-hydrogen) atoms. The van der Waals surface area contributed by atoms with E-state index in [0.29, 0.717) is 38.8 Å². The Labute approximate surface area is 162 Å². The van der Waals surface area contributed by atoms with Gasteiger partial charge in [-0.15, -0.1) is 0 Å². The van der Waals surface area contributed by atoms with Crippen molar-refractivity contribution in [2.45, 2.75) is 44.1 Å². The Morgan fingerprint density at radius 2 is 1.79 bits per heavy atom. The SMILES string of the molecule is COC(=O)C1CCN(C(=O)COC(=O)CN2C(=O)NC3(CCCC3)C2=O)CC1. The number of amides is 4. The maximum Gasteiger partial charge on any atom is 0.326 e. The van der Waals surface area contributed by atoms with Crippen molar-refractivity contribution in [2.75, 3.05) is 33.4 Å². The predicted molar refractivity (Wildman–Crippen MR) is 93.7 cm³/mol. The van der Waals surface area contributed by atoms with E-state index < -0.39 is 36.6 Å². The summed E-state index contributed by atoms with van der Waals surface area (Å²) in [5.41, 5.74) is -0.878. The van der Waals surface area contributed by atoms with Crippen LogP contribution < -0.4 is 5.32 Å². The number of nitrogens with zero attached hydrogens (tertiary/aromatic N) is 2. The Kier molecular flexibility index (Phi) is 5.85. The van der Waals surface area contributed by atoms with Crippen molar-refractivity contribution >= 4 is 29.8 Å². The van der Waals surface area contributed by atoms with Gasteiger partial charge in [-0.3, -0.25) is 24.1 Å². The fourth-order valence-electron chi connectivity index (χ4n) is 4.08. The zero-order valence-corrected chi connectivity index (χ0v) is 15.9. The second-order valence-corrected chi connectivity index (χ2v) is 7.45. The van der Waals surface area contributed by atoms with Crippen LogP contribution in [-0.4, -0.2) is 78.5 Å². The van der Waals surface area contributed by atoms with Crippen molar-refractivity contribution in [3.05, 3.63) is 0 Å². The third-order valence-corrected chi connectivity index (χ3v) is 5.73. The van der Waals surface area contributed by atoms with Gasteiger partial charge in [-0.2, -0.15) is 0 Å². The summed E-state index contributed by atoms with van der Waals surface area (Å²) in [6.07, 6.45) is 3.84. The Hall–Kier alpha value is -2.65. The largest absolute Gasteiger partial charge is 0.469 e. The second kappa shape index (κ2) is 8.15. The lowest BCUT2D eigenvalue weighted by Gasteiger charge is -2.30. The minimum Gasteiger partial charge on any atom is -0.469 e. The molecule has 1 saturated carbocycles. The molecule has 4 amide bonds. The van der Waals surface area contributed by atoms with Crippen LogP contribution in [0.1, 0.15) is 38.5 Å². The van der Waals surface area contributed by atoms with E-state index in [-0.39, 0.29) is 17.8 Å². The molecule has 10 heteroatoms. The van der Waals surface area contributed by atoms with Crippen molar-refractivity contribution in [3.8, 4) is 0 Å². The van der Waals surface area contributed by atoms with Crippen LogP contribution in [0.15, 0.2) is 0 Å². The third kappa shape index (κ3) is 3.95. The second-order valence-electron chi connectivity index (χ2n) is 7.45. The lowest BCUT2D eigenvalue weighted by molar-refractivity contribution is -0.155. The van der Waals surface area contributed by atoms with Gasteiger partial charge in [0.2, 0.25) is 0 Å². The number of likely N-dealkylation sites (tertiary alicyclic amines) is 1. The minimum atomic E-state index is -0.878. The van der Waals surface area contributed by atoms with Crippen LogP contribution in [0.25, 0.3) is 0 Å². The molecule has 10 nitrogen and oxygen atoms in total. The first kappa shape index (κ1) is 20.1. The zero-order chi connectivity index (χ0) is 20.3. The zero-order valence-electron chi connectivity index (χ0n) is 15.9. The number of hydrogen-bond donors (Lipinski definition) is 1. The first-order chi connectivity index (χ1) is 13.4. The number of ether oxygens (including phenoxy) is 2. The van der Waals surface area contributed by atoms with Gasteiger partial charge in [0.1, 0.15) is 12.1 Å². The van der Waals surface area contributed by atoms with Crippen LogP contribution in [0, 0.1) is 5.92 Å². The van der Waals surface area contributed by atoms with Crippen molar-refractivity contribution < 1.29 is 33.4 Å². The number of hydrogen-bond acceptors (Lipinski definition) is 7. The van der Waals surface area contributed by atoms with E-state index in [1.165, 1.54) is 12.0 Å². The van der Waals surface area contributed by atoms with E-state index in [1.807, 2.05) is 0 Å². The van der Waals surface area contributed by atoms with Gasteiger partial charge in [0.25, 0.3) is 11.8 Å². The average molecular weight is 395 g/mol. The summed E-state index contributed by atoms with van der Waals surface area (Å²) < 4.78 is 9.67. The van der Waals surface area contributed by atoms with E-state index in [9.17, 15) is 24.0 Å². The highest BCUT2D eigenvalue weighted by Crippen LogP contribution is 2.34. The molecule has 2 saturated heterocycles. The third-order valence-electron chi connectivity index (χ3n) is 5.73. The van der Waals surface area contributed by atoms with Gasteiger partial charge in [-0.1, -0.05) is 12.8 Å². The molecule has 1 spiro atoms. The van der Waals surface area contributed by atoms with E-state index in [2.05, 4.69) is 5.32 Å². The summed E-state index contributed by atoms with van der Waals surface area (Å²) in [5.74, 6) is -2.09. The molecule has 3 rings (SSSR count). The highest BCUT2D eigenvalue weighted by Gasteiger charge is 2.52. The van der Waals surface area contributed by atoms with Gasteiger partial charge in [0.05, 0.1) is 13.0 Å². The highest BCUT2D eigenvalue weighted by molar-refractivity contribution is 6.08. The van der Waals surface area contributed by atoms with Crippen molar-refractivity contribution in [1.29, 1.82) is 0 Å². The van der Waals surface area contributed by atoms with E-state index in [0.717, 1.165) is 17.7 Å². The highest BCUT2D eigenvalue weighted by atomic mass is 16.5. The van der Waals surface area contributed by atoms with Crippen molar-refractivity contribution in [2.24, 2.45) is 5.92 Å². The van der Waals surface area contributed by atoms with Crippen molar-refractivity contribution in [3.63, 3.8) is 0 Å². The molecule has 0 unspecified atom stereocenters. The summed E-state index contributed by atoms with van der Waals surface area (Å²) in [5, 5.41) is 2.69. The fourth-order valence-corrected chi connectivity index (χ4v) is 4.08. The number of methoxy groups -OCH3 is 1. The number of piperidine rings is 1. The van der Waals surface area contributed by atoms with Crippen LogP contribution in [-0.2, 0) is 28.7 Å². The molecule has 2 heterocycles. The monoisotopic (exact) mass is 395 g/mol. The average Bonchev–Trinajstić information content (AvgIpc) is 3.26. The molecule has 1 aliphatic carbocycles. The van der Waals surface area contributed by atoms with Gasteiger partial charge in [-0.25, -0.2) is 4.79 Å². The van der Waals surface area contributed by atoms with Gasteiger partial charge >= 0.3 is 18.0 Å². The molecule has 0 aromatic heterocycles. The lowest BCUT2D eigenvalue weighted by atomic mass is 9.97. The number of esters is 2. The molecule has 0 aromatic carbocycles. The lowest BCUT2D eigenvalue weighted by Crippen LogP contribution is -2.45. The number of rotatable bonds is 5. The molecular weight excluding hydrogens is 370 g/mol. The maximum absolute atomic E-state index is 12.5. The molecule has 0 aromatic rings. The number of nitrogens with one attached hydrogen (secondary N) is 1. The quantitative estimate of drug-likeness (QED) is 0.505. The first-order valence-electron chi connectivity index (χ1n) is 9.51. The van der Waals surface area contributed by atoms with Crippen LogP contribution in [0.3, 0.4) is 0 Å². The molecule has 2 aliphatic heterocycles. The number of urea groups is 1. The normalized spacial score (nSPS) is 21.8. The maximum atomic E-state index is 12.5. The fraction of sp³-hybridized carbons (Fsp3) is 0.722. The molecule has 3 aliphatic rings. The van der Waals surface area contributed by atoms with Crippen LogP contribution in [0.5, 0.6) is 0 Å². The van der Waals surface area contributed by atoms with Gasteiger partial charge in [0, 0.05) is 13.1 Å². The topological polar surface area (TPSA) is 122 Å². The van der Waals surface area contributed by atoms with Crippen molar-refractivity contribution in [1.82, 2.24) is 15.1 Å². The molecule has 154 valence electrons. The standard InChI is InChI=1S/C18H25N3O7/c1-27-15(24)12-4-8-20(9-5-12)13(22)11-28-14(23)10-21-16(25)18(19-17(21)26)6-2-3-7-18/h12H,2-11H2,1H3,(H,19,26). The summed E-state index contributed by atoms with van der Waals surface area (Å²) in [7, 11) is 1.33. The molecule has 1 N–H and O–H groups in total. The molecule has 0 bridgehead atoms. The minimum absolute atomic E-state index is 0.223. The summed E-state index contributed by atoms with van der Waals surface area (Å²) in [6, 6.07) is -0.597. The Bertz CT molecular complexity index is 679. The van der Waals surface area contributed by atoms with Crippen LogP contribution in [0.4, 0.5) is 4.79 Å². The molecule has 3 fully saturated rings. The Balaban J connectivity index is 1.43. The van der Waals surface area contributed by atoms with Gasteiger partial charge in [-0.05, 0) is 25.7 Å². The number of imide groups is 1. The molecule has 0 radical (unpaired) electrons. The van der Waals surface area contributed by atoms with Gasteiger partial charge < -0.3 is 19.7 Å². The molecular formula is C18H25N3O7. The van der Waals surface area contributed by atoms with Gasteiger partial charge in [0.15, 0.2) is 6.61 Å². The summed E-state index contributed by atoms with van der Waals surface area (Å²) in [6.45, 7) is -0.210. The van der Waals surface area contributed by atoms with E-state index in [1.54, 1.807) is 0 Å². The first-order valence-corrected chi connectivity index (χ1v) is 9.51. The van der Waals surface area contributed by atoms with Crippen LogP contribution in [0.2, 0.25) is 0 Å². The smallest absolute Gasteiger partial charge is 0.326 e. The summed E-state index contributed by atoms with van der Waals surface area (Å²) >= 11 is 0. The van der Waals surface area contributed by atoms with Crippen LogP contribution >= 0.6 is 0 Å². The van der Waals surface area contributed by atoms with E-state index >= 15 is 0 Å². The Morgan fingerprint density at radius 3 is 2.39 bits per heavy atom. The van der Waals surface area contributed by atoms with E-state index in [4.69, 9.17) is 9.47 Å². The number of carbonyl (C=O) groups is 5.